The van der Waals surface area contributed by atoms with Crippen molar-refractivity contribution in [2.24, 2.45) is 0 Å². The second-order valence-corrected chi connectivity index (χ2v) is 10.0. The Balaban J connectivity index is 1.78. The van der Waals surface area contributed by atoms with E-state index in [4.69, 9.17) is 0 Å². The topological polar surface area (TPSA) is 80.2 Å². The summed E-state index contributed by atoms with van der Waals surface area (Å²) in [5.41, 5.74) is 2.58. The van der Waals surface area contributed by atoms with Crippen molar-refractivity contribution in [2.75, 3.05) is 10.6 Å². The number of carbonyl (C=O) groups is 2. The van der Waals surface area contributed by atoms with E-state index in [2.05, 4.69) is 45.8 Å². The van der Waals surface area contributed by atoms with Gasteiger partial charge in [-0.25, -0.2) is 0 Å². The number of rotatable bonds is 8. The van der Waals surface area contributed by atoms with Crippen LogP contribution in [-0.4, -0.2) is 16.4 Å². The highest BCUT2D eigenvalue weighted by Gasteiger charge is 2.19. The van der Waals surface area contributed by atoms with Gasteiger partial charge in [0.2, 0.25) is 0 Å². The van der Waals surface area contributed by atoms with E-state index in [1.165, 1.54) is 6.07 Å². The Hall–Kier alpha value is -3.88. The number of hydrogen-bond acceptors (Lipinski definition) is 4. The van der Waals surface area contributed by atoms with E-state index in [0.29, 0.717) is 40.8 Å². The third-order valence-electron chi connectivity index (χ3n) is 6.07. The molecule has 0 fully saturated rings. The first-order valence-corrected chi connectivity index (χ1v) is 13.2. The Morgan fingerprint density at radius 1 is 1.00 bits per heavy atom. The van der Waals surface area contributed by atoms with E-state index in [1.54, 1.807) is 65.2 Å². The molecule has 0 saturated carbocycles. The maximum atomic E-state index is 13.5. The van der Waals surface area contributed by atoms with Crippen LogP contribution in [0.2, 0.25) is 0 Å². The van der Waals surface area contributed by atoms with Gasteiger partial charge < -0.3 is 15.2 Å². The van der Waals surface area contributed by atoms with Crippen molar-refractivity contribution in [3.8, 4) is 0 Å². The highest BCUT2D eigenvalue weighted by Crippen LogP contribution is 2.25. The van der Waals surface area contributed by atoms with Gasteiger partial charge in [-0.3, -0.25) is 14.4 Å². The molecule has 0 aliphatic heterocycles. The molecule has 0 unspecified atom stereocenters. The van der Waals surface area contributed by atoms with Gasteiger partial charge in [-0.15, -0.1) is 12.6 Å². The lowest BCUT2D eigenvalue weighted by atomic mass is 10.1. The third-order valence-corrected chi connectivity index (χ3v) is 7.08. The number of hydrogen-bond donors (Lipinski definition) is 3. The summed E-state index contributed by atoms with van der Waals surface area (Å²) in [5, 5.41) is 6.31. The Labute approximate surface area is 234 Å². The maximum absolute atomic E-state index is 13.5. The summed E-state index contributed by atoms with van der Waals surface area (Å²) in [7, 11) is 0. The molecule has 192 valence electrons. The predicted molar refractivity (Wildman–Crippen MR) is 162 cm³/mol. The van der Waals surface area contributed by atoms with E-state index in [-0.39, 0.29) is 11.5 Å². The van der Waals surface area contributed by atoms with Gasteiger partial charge in [-0.05, 0) is 78.4 Å². The van der Waals surface area contributed by atoms with Gasteiger partial charge in [0.25, 0.3) is 17.4 Å². The number of halogens is 1. The van der Waals surface area contributed by atoms with E-state index in [0.717, 1.165) is 14.9 Å². The molecule has 0 bridgehead atoms. The van der Waals surface area contributed by atoms with Gasteiger partial charge in [0, 0.05) is 27.7 Å². The van der Waals surface area contributed by atoms with E-state index in [1.807, 2.05) is 25.1 Å². The minimum absolute atomic E-state index is 0.0290. The average molecular weight is 589 g/mol. The Bertz CT molecular complexity index is 1610. The van der Waals surface area contributed by atoms with Gasteiger partial charge in [0.05, 0.1) is 11.2 Å². The summed E-state index contributed by atoms with van der Waals surface area (Å²) in [6, 6.07) is 21.0. The van der Waals surface area contributed by atoms with Crippen LogP contribution in [0.1, 0.15) is 39.6 Å². The summed E-state index contributed by atoms with van der Waals surface area (Å²) in [6.45, 7) is 5.93. The first-order chi connectivity index (χ1) is 18.3. The van der Waals surface area contributed by atoms with Crippen molar-refractivity contribution >= 4 is 68.7 Å². The number of amides is 2. The fraction of sp³-hybridized carbons (Fsp3) is 0.100. The first kappa shape index (κ1) is 27.2. The van der Waals surface area contributed by atoms with Crippen LogP contribution in [0, 0.1) is 0 Å². The molecule has 2 amide bonds. The van der Waals surface area contributed by atoms with Crippen LogP contribution >= 0.6 is 28.6 Å². The van der Waals surface area contributed by atoms with Gasteiger partial charge in [0.15, 0.2) is 0 Å². The maximum Gasteiger partial charge on any atom is 0.263 e. The van der Waals surface area contributed by atoms with Crippen molar-refractivity contribution in [3.05, 3.63) is 122 Å². The van der Waals surface area contributed by atoms with Gasteiger partial charge in [-0.1, -0.05) is 52.9 Å². The zero-order valence-electron chi connectivity index (χ0n) is 20.7. The Kier molecular flexibility index (Phi) is 8.66. The minimum Gasteiger partial charge on any atom is -0.322 e. The van der Waals surface area contributed by atoms with Crippen LogP contribution < -0.4 is 16.2 Å². The summed E-state index contributed by atoms with van der Waals surface area (Å²) in [5.74, 6) is -0.843. The smallest absolute Gasteiger partial charge is 0.263 e. The molecule has 38 heavy (non-hydrogen) atoms. The van der Waals surface area contributed by atoms with Gasteiger partial charge in [0.1, 0.15) is 5.56 Å². The second-order valence-electron chi connectivity index (χ2n) is 8.52. The highest BCUT2D eigenvalue weighted by molar-refractivity contribution is 9.10. The number of aromatic nitrogens is 1. The van der Waals surface area contributed by atoms with Crippen molar-refractivity contribution in [2.45, 2.75) is 19.9 Å². The molecule has 1 aromatic heterocycles. The zero-order chi connectivity index (χ0) is 27.2. The monoisotopic (exact) mass is 587 g/mol. The van der Waals surface area contributed by atoms with Crippen molar-refractivity contribution in [1.82, 2.24) is 4.57 Å². The summed E-state index contributed by atoms with van der Waals surface area (Å²) in [4.78, 5) is 40.7. The molecule has 0 spiro atoms. The molecule has 0 radical (unpaired) electrons. The van der Waals surface area contributed by atoms with Crippen molar-refractivity contribution in [3.63, 3.8) is 0 Å². The number of aryl methyl sites for hydroxylation is 1. The third kappa shape index (κ3) is 6.15. The molecule has 1 heterocycles. The number of pyridine rings is 1. The number of allylic oxidation sites excluding steroid dienone is 2. The largest absolute Gasteiger partial charge is 0.322 e. The first-order valence-electron chi connectivity index (χ1n) is 11.9. The molecular formula is C30H26BrN3O3S. The fourth-order valence-corrected chi connectivity index (χ4v) is 4.33. The highest BCUT2D eigenvalue weighted by atomic mass is 79.9. The van der Waals surface area contributed by atoms with E-state index >= 15 is 0 Å². The SMILES string of the molecule is C=Cc1ccc(C(=O)Nc2cccc3c2cc(C(=O)Nc2ccc(Br)cc2)c(=O)n3CC/C(S)=C/C)cc1. The molecule has 0 atom stereocenters. The number of nitrogens with one attached hydrogen (secondary N) is 2. The number of carbonyl (C=O) groups excluding carboxylic acids is 2. The van der Waals surface area contributed by atoms with Crippen molar-refractivity contribution < 1.29 is 9.59 Å². The molecule has 4 aromatic rings. The Morgan fingerprint density at radius 2 is 1.71 bits per heavy atom. The Morgan fingerprint density at radius 3 is 2.37 bits per heavy atom. The van der Waals surface area contributed by atoms with Crippen LogP contribution in [0.5, 0.6) is 0 Å². The summed E-state index contributed by atoms with van der Waals surface area (Å²) >= 11 is 7.82. The van der Waals surface area contributed by atoms with Crippen LogP contribution in [0.4, 0.5) is 11.4 Å². The number of thiol groups is 1. The molecule has 0 saturated heterocycles. The average Bonchev–Trinajstić information content (AvgIpc) is 2.93. The summed E-state index contributed by atoms with van der Waals surface area (Å²) < 4.78 is 2.43. The quantitative estimate of drug-likeness (QED) is 0.192. The molecule has 6 nitrogen and oxygen atoms in total. The van der Waals surface area contributed by atoms with Gasteiger partial charge >= 0.3 is 0 Å². The molecule has 2 N–H and O–H groups in total. The molecule has 4 rings (SSSR count). The molecule has 0 aliphatic rings. The van der Waals surface area contributed by atoms with Crippen LogP contribution in [0.15, 0.2) is 99.6 Å². The predicted octanol–water partition coefficient (Wildman–Crippen LogP) is 7.14. The van der Waals surface area contributed by atoms with Crippen LogP contribution in [-0.2, 0) is 6.54 Å². The summed E-state index contributed by atoms with van der Waals surface area (Å²) in [6.07, 6.45) is 4.08. The van der Waals surface area contributed by atoms with Crippen LogP contribution in [0.25, 0.3) is 17.0 Å². The van der Waals surface area contributed by atoms with Crippen LogP contribution in [0.3, 0.4) is 0 Å². The lowest BCUT2D eigenvalue weighted by Crippen LogP contribution is -2.30. The van der Waals surface area contributed by atoms with Gasteiger partial charge in [-0.2, -0.15) is 0 Å². The molecule has 3 aromatic carbocycles. The second kappa shape index (κ2) is 12.1. The number of anilines is 2. The number of fused-ring (bicyclic) bond motifs is 1. The number of nitrogens with zero attached hydrogens (tertiary/aromatic N) is 1. The van der Waals surface area contributed by atoms with E-state index < -0.39 is 11.5 Å². The minimum atomic E-state index is -0.536. The molecular weight excluding hydrogens is 562 g/mol. The van der Waals surface area contributed by atoms with E-state index in [9.17, 15) is 14.4 Å². The lowest BCUT2D eigenvalue weighted by Gasteiger charge is -2.16. The van der Waals surface area contributed by atoms with Crippen molar-refractivity contribution in [1.29, 1.82) is 0 Å². The molecule has 8 heteroatoms. The lowest BCUT2D eigenvalue weighted by molar-refractivity contribution is 0.101. The zero-order valence-corrected chi connectivity index (χ0v) is 23.2. The fourth-order valence-electron chi connectivity index (χ4n) is 3.96. The normalized spacial score (nSPS) is 11.3. The molecule has 0 aliphatic carbocycles. The standard InChI is InChI=1S/C30H26BrN3O3S/c1-3-19-8-10-20(11-9-19)28(35)33-26-6-5-7-27-24(26)18-25(30(37)34(27)17-16-23(38)4-2)29(36)32-22-14-12-21(31)13-15-22/h3-15,18,38H,1,16-17H2,2H3,(H,32,36)(H,33,35)/b23-4-. The number of benzene rings is 3.